The summed E-state index contributed by atoms with van der Waals surface area (Å²) in [6.45, 7) is 1.56. The summed E-state index contributed by atoms with van der Waals surface area (Å²) in [5.41, 5.74) is 3.19. The molecule has 0 unspecified atom stereocenters. The second-order valence-corrected chi connectivity index (χ2v) is 8.41. The lowest BCUT2D eigenvalue weighted by atomic mass is 10.1. The Labute approximate surface area is 219 Å². The third-order valence-corrected chi connectivity index (χ3v) is 5.79. The van der Waals surface area contributed by atoms with Crippen molar-refractivity contribution in [2.45, 2.75) is 13.3 Å². The first kappa shape index (κ1) is 26.1. The molecule has 1 heterocycles. The van der Waals surface area contributed by atoms with Crippen molar-refractivity contribution >= 4 is 17.6 Å². The van der Waals surface area contributed by atoms with E-state index in [1.807, 2.05) is 25.1 Å². The third kappa shape index (κ3) is 6.05. The van der Waals surface area contributed by atoms with Gasteiger partial charge in [0.05, 0.1) is 25.3 Å². The van der Waals surface area contributed by atoms with Crippen LogP contribution in [0.15, 0.2) is 79.0 Å². The van der Waals surface area contributed by atoms with Gasteiger partial charge in [0.1, 0.15) is 22.8 Å². The number of methoxy groups -OCH3 is 1. The van der Waals surface area contributed by atoms with Crippen molar-refractivity contribution in [2.24, 2.45) is 0 Å². The first-order valence-corrected chi connectivity index (χ1v) is 11.8. The molecule has 4 aromatic rings. The van der Waals surface area contributed by atoms with Crippen molar-refractivity contribution in [1.29, 1.82) is 5.26 Å². The standard InChI is InChI=1S/C29H25FN4O4/c1-20-7-11-23(12-8-20)33(16-4-15-31)27(35)19-38-29(36)26-18-34(24-13-9-22(30)10-14-24)32-28(26)21-5-3-6-25(17-21)37-2/h3,5-14,17-18H,4,16,19H2,1-2H3. The molecule has 0 atom stereocenters. The summed E-state index contributed by atoms with van der Waals surface area (Å²) in [7, 11) is 1.53. The Kier molecular flexibility index (Phi) is 8.14. The number of hydrogen-bond donors (Lipinski definition) is 0. The van der Waals surface area contributed by atoms with Gasteiger partial charge in [-0.1, -0.05) is 29.8 Å². The maximum absolute atomic E-state index is 13.5. The minimum Gasteiger partial charge on any atom is -0.497 e. The highest BCUT2D eigenvalue weighted by Gasteiger charge is 2.23. The molecule has 3 aromatic carbocycles. The molecule has 0 radical (unpaired) electrons. The highest BCUT2D eigenvalue weighted by Crippen LogP contribution is 2.28. The lowest BCUT2D eigenvalue weighted by molar-refractivity contribution is -0.121. The molecule has 8 nitrogen and oxygen atoms in total. The van der Waals surface area contributed by atoms with E-state index in [0.717, 1.165) is 5.56 Å². The molecule has 0 fully saturated rings. The first-order valence-electron chi connectivity index (χ1n) is 11.8. The lowest BCUT2D eigenvalue weighted by Crippen LogP contribution is -2.35. The zero-order chi connectivity index (χ0) is 27.1. The van der Waals surface area contributed by atoms with Gasteiger partial charge in [-0.3, -0.25) is 4.79 Å². The van der Waals surface area contributed by atoms with Gasteiger partial charge in [0.25, 0.3) is 5.91 Å². The summed E-state index contributed by atoms with van der Waals surface area (Å²) in [4.78, 5) is 27.7. The number of nitriles is 1. The quantitative estimate of drug-likeness (QED) is 0.290. The fraction of sp³-hybridized carbons (Fsp3) is 0.172. The highest BCUT2D eigenvalue weighted by atomic mass is 19.1. The van der Waals surface area contributed by atoms with E-state index in [-0.39, 0.29) is 18.5 Å². The average Bonchev–Trinajstić information content (AvgIpc) is 3.39. The van der Waals surface area contributed by atoms with E-state index in [4.69, 9.17) is 14.7 Å². The van der Waals surface area contributed by atoms with Crippen LogP contribution in [0.25, 0.3) is 16.9 Å². The molecule has 0 saturated carbocycles. The first-order chi connectivity index (χ1) is 18.4. The molecule has 0 aliphatic rings. The maximum atomic E-state index is 13.5. The van der Waals surface area contributed by atoms with Crippen molar-refractivity contribution in [2.75, 3.05) is 25.2 Å². The van der Waals surface area contributed by atoms with Gasteiger partial charge in [-0.05, 0) is 55.5 Å². The van der Waals surface area contributed by atoms with Crippen LogP contribution >= 0.6 is 0 Å². The number of aromatic nitrogens is 2. The van der Waals surface area contributed by atoms with E-state index in [1.165, 1.54) is 47.2 Å². The molecule has 38 heavy (non-hydrogen) atoms. The smallest absolute Gasteiger partial charge is 0.342 e. The predicted octanol–water partition coefficient (Wildman–Crippen LogP) is 5.10. The molecule has 1 aromatic heterocycles. The second kappa shape index (κ2) is 11.8. The monoisotopic (exact) mass is 512 g/mol. The number of benzene rings is 3. The summed E-state index contributed by atoms with van der Waals surface area (Å²) in [6.07, 6.45) is 1.60. The number of carbonyl (C=O) groups is 2. The van der Waals surface area contributed by atoms with Crippen LogP contribution < -0.4 is 9.64 Å². The fourth-order valence-electron chi connectivity index (χ4n) is 3.80. The Bertz CT molecular complexity index is 1470. The SMILES string of the molecule is COc1cccc(-c2nn(-c3ccc(F)cc3)cc2C(=O)OCC(=O)N(CCC#N)c2ccc(C)cc2)c1. The van der Waals surface area contributed by atoms with Crippen LogP contribution in [0.2, 0.25) is 0 Å². The zero-order valence-electron chi connectivity index (χ0n) is 20.9. The Morgan fingerprint density at radius 1 is 1.08 bits per heavy atom. The molecule has 0 bridgehead atoms. The van der Waals surface area contributed by atoms with Crippen molar-refractivity contribution in [1.82, 2.24) is 9.78 Å². The summed E-state index contributed by atoms with van der Waals surface area (Å²) in [6, 6.07) is 22.0. The largest absolute Gasteiger partial charge is 0.497 e. The number of rotatable bonds is 9. The summed E-state index contributed by atoms with van der Waals surface area (Å²) in [5, 5.41) is 13.6. The maximum Gasteiger partial charge on any atom is 0.342 e. The van der Waals surface area contributed by atoms with E-state index in [2.05, 4.69) is 5.10 Å². The molecule has 192 valence electrons. The topological polar surface area (TPSA) is 97.5 Å². The minimum absolute atomic E-state index is 0.120. The molecule has 0 aliphatic carbocycles. The molecule has 0 aliphatic heterocycles. The zero-order valence-corrected chi connectivity index (χ0v) is 20.9. The molecule has 4 rings (SSSR count). The Hall–Kier alpha value is -4.97. The number of esters is 1. The van der Waals surface area contributed by atoms with E-state index in [0.29, 0.717) is 28.4 Å². The number of carbonyl (C=O) groups excluding carboxylic acids is 2. The predicted molar refractivity (Wildman–Crippen MR) is 140 cm³/mol. The summed E-state index contributed by atoms with van der Waals surface area (Å²) < 4.78 is 25.6. The number of halogens is 1. The van der Waals surface area contributed by atoms with Gasteiger partial charge in [0.15, 0.2) is 6.61 Å². The highest BCUT2D eigenvalue weighted by molar-refractivity contribution is 5.99. The number of nitrogens with zero attached hydrogens (tertiary/aromatic N) is 4. The van der Waals surface area contributed by atoms with Gasteiger partial charge >= 0.3 is 5.97 Å². The van der Waals surface area contributed by atoms with Crippen molar-refractivity contribution in [3.63, 3.8) is 0 Å². The molecule has 0 spiro atoms. The van der Waals surface area contributed by atoms with E-state index >= 15 is 0 Å². The summed E-state index contributed by atoms with van der Waals surface area (Å²) >= 11 is 0. The van der Waals surface area contributed by atoms with Gasteiger partial charge in [-0.15, -0.1) is 0 Å². The number of aryl methyl sites for hydroxylation is 1. The van der Waals surface area contributed by atoms with Crippen molar-refractivity contribution in [3.05, 3.63) is 95.9 Å². The van der Waals surface area contributed by atoms with E-state index < -0.39 is 24.3 Å². The molecule has 9 heteroatoms. The number of ether oxygens (including phenoxy) is 2. The van der Waals surface area contributed by atoms with Crippen LogP contribution in [-0.4, -0.2) is 41.9 Å². The van der Waals surface area contributed by atoms with Crippen molar-refractivity contribution in [3.8, 4) is 28.8 Å². The van der Waals surface area contributed by atoms with Gasteiger partial charge < -0.3 is 14.4 Å². The van der Waals surface area contributed by atoms with E-state index in [9.17, 15) is 14.0 Å². The Balaban J connectivity index is 1.61. The van der Waals surface area contributed by atoms with Crippen LogP contribution in [-0.2, 0) is 9.53 Å². The van der Waals surface area contributed by atoms with Gasteiger partial charge in [-0.25, -0.2) is 13.9 Å². The van der Waals surface area contributed by atoms with Gasteiger partial charge in [0, 0.05) is 24.0 Å². The summed E-state index contributed by atoms with van der Waals surface area (Å²) in [5.74, 6) is -1.05. The fourth-order valence-corrected chi connectivity index (χ4v) is 3.80. The molecular weight excluding hydrogens is 487 g/mol. The number of amides is 1. The number of anilines is 1. The molecule has 0 N–H and O–H groups in total. The van der Waals surface area contributed by atoms with E-state index in [1.54, 1.807) is 36.4 Å². The molecular formula is C29H25FN4O4. The van der Waals surface area contributed by atoms with Crippen molar-refractivity contribution < 1.29 is 23.5 Å². The minimum atomic E-state index is -0.756. The average molecular weight is 513 g/mol. The van der Waals surface area contributed by atoms with Gasteiger partial charge in [-0.2, -0.15) is 10.4 Å². The van der Waals surface area contributed by atoms with Crippen LogP contribution in [0.1, 0.15) is 22.3 Å². The molecule has 0 saturated heterocycles. The normalized spacial score (nSPS) is 10.5. The van der Waals surface area contributed by atoms with Crippen LogP contribution in [0.5, 0.6) is 5.75 Å². The third-order valence-electron chi connectivity index (χ3n) is 5.79. The van der Waals surface area contributed by atoms with Crippen LogP contribution in [0.4, 0.5) is 10.1 Å². The molecule has 1 amide bonds. The van der Waals surface area contributed by atoms with Crippen LogP contribution in [0.3, 0.4) is 0 Å². The Morgan fingerprint density at radius 2 is 1.82 bits per heavy atom. The second-order valence-electron chi connectivity index (χ2n) is 8.41. The van der Waals surface area contributed by atoms with Gasteiger partial charge in [0.2, 0.25) is 0 Å². The Morgan fingerprint density at radius 3 is 2.50 bits per heavy atom. The van der Waals surface area contributed by atoms with Crippen LogP contribution in [0, 0.1) is 24.1 Å². The lowest BCUT2D eigenvalue weighted by Gasteiger charge is -2.21. The number of hydrogen-bond acceptors (Lipinski definition) is 6.